The molecule has 34 heavy (non-hydrogen) atoms. The predicted molar refractivity (Wildman–Crippen MR) is 132 cm³/mol. The lowest BCUT2D eigenvalue weighted by Gasteiger charge is -2.26. The first-order chi connectivity index (χ1) is 16.3. The number of aliphatic hydroxyl groups is 1. The first kappa shape index (κ1) is 23.4. The molecule has 6 nitrogen and oxygen atoms in total. The summed E-state index contributed by atoms with van der Waals surface area (Å²) in [6.45, 7) is 3.79. The van der Waals surface area contributed by atoms with Crippen LogP contribution in [-0.4, -0.2) is 31.0 Å². The van der Waals surface area contributed by atoms with Crippen molar-refractivity contribution in [2.45, 2.75) is 19.9 Å². The van der Waals surface area contributed by atoms with Crippen LogP contribution in [0.4, 0.5) is 5.69 Å². The quantitative estimate of drug-likeness (QED) is 0.294. The first-order valence-electron chi connectivity index (χ1n) is 10.6. The maximum absolute atomic E-state index is 13.4. The van der Waals surface area contributed by atoms with Gasteiger partial charge in [-0.2, -0.15) is 0 Å². The highest BCUT2D eigenvalue weighted by Gasteiger charge is 2.47. The fourth-order valence-corrected chi connectivity index (χ4v) is 4.46. The van der Waals surface area contributed by atoms with Crippen LogP contribution in [0.3, 0.4) is 0 Å². The third-order valence-electron chi connectivity index (χ3n) is 5.83. The number of aliphatic hydroxyl groups excluding tert-OH is 1. The van der Waals surface area contributed by atoms with Crippen LogP contribution in [0.1, 0.15) is 28.3 Å². The molecular formula is C27H24ClNO5. The minimum Gasteiger partial charge on any atom is -0.507 e. The summed E-state index contributed by atoms with van der Waals surface area (Å²) in [6.07, 6.45) is 0. The lowest BCUT2D eigenvalue weighted by Crippen LogP contribution is -2.29. The number of Topliss-reactive ketones (excluding diaryl/α,β-unsaturated/α-hetero) is 1. The Balaban J connectivity index is 1.99. The number of benzene rings is 3. The van der Waals surface area contributed by atoms with Gasteiger partial charge in [-0.3, -0.25) is 14.5 Å². The van der Waals surface area contributed by atoms with Gasteiger partial charge in [-0.05, 0) is 49.7 Å². The van der Waals surface area contributed by atoms with E-state index in [0.29, 0.717) is 33.3 Å². The summed E-state index contributed by atoms with van der Waals surface area (Å²) in [5.41, 5.74) is 3.22. The molecule has 1 saturated heterocycles. The van der Waals surface area contributed by atoms with Crippen molar-refractivity contribution in [3.63, 3.8) is 0 Å². The van der Waals surface area contributed by atoms with Gasteiger partial charge in [0.25, 0.3) is 11.7 Å². The van der Waals surface area contributed by atoms with Crippen molar-refractivity contribution in [1.82, 2.24) is 0 Å². The van der Waals surface area contributed by atoms with Gasteiger partial charge in [-0.1, -0.05) is 53.1 Å². The van der Waals surface area contributed by atoms with Crippen molar-refractivity contribution in [2.24, 2.45) is 0 Å². The summed E-state index contributed by atoms with van der Waals surface area (Å²) in [7, 11) is 2.98. The maximum atomic E-state index is 13.4. The molecule has 0 bridgehead atoms. The number of methoxy groups -OCH3 is 2. The summed E-state index contributed by atoms with van der Waals surface area (Å²) < 4.78 is 10.6. The number of rotatable bonds is 5. The Morgan fingerprint density at radius 1 is 0.912 bits per heavy atom. The zero-order valence-corrected chi connectivity index (χ0v) is 20.0. The van der Waals surface area contributed by atoms with Crippen LogP contribution in [0.2, 0.25) is 5.02 Å². The second-order valence-electron chi connectivity index (χ2n) is 8.11. The van der Waals surface area contributed by atoms with Gasteiger partial charge in [0, 0.05) is 5.69 Å². The number of halogens is 1. The molecule has 7 heteroatoms. The molecule has 1 unspecified atom stereocenters. The van der Waals surface area contributed by atoms with E-state index >= 15 is 0 Å². The fraction of sp³-hybridized carbons (Fsp3) is 0.185. The second kappa shape index (κ2) is 9.23. The summed E-state index contributed by atoms with van der Waals surface area (Å²) in [6, 6.07) is 16.7. The third kappa shape index (κ3) is 4.01. The Hall–Kier alpha value is -3.77. The summed E-state index contributed by atoms with van der Waals surface area (Å²) in [5.74, 6) is -1.02. The highest BCUT2D eigenvalue weighted by molar-refractivity contribution is 6.52. The Bertz CT molecular complexity index is 1330. The second-order valence-corrected chi connectivity index (χ2v) is 8.51. The number of nitrogens with zero attached hydrogens (tertiary/aromatic N) is 1. The summed E-state index contributed by atoms with van der Waals surface area (Å²) in [5, 5.41) is 11.7. The van der Waals surface area contributed by atoms with Gasteiger partial charge in [0.1, 0.15) is 17.3 Å². The summed E-state index contributed by atoms with van der Waals surface area (Å²) >= 11 is 6.34. The number of aryl methyl sites for hydroxylation is 2. The van der Waals surface area contributed by atoms with Gasteiger partial charge in [-0.15, -0.1) is 0 Å². The molecule has 4 rings (SSSR count). The lowest BCUT2D eigenvalue weighted by molar-refractivity contribution is -0.132. The van der Waals surface area contributed by atoms with E-state index in [2.05, 4.69) is 0 Å². The molecule has 1 fully saturated rings. The molecular weight excluding hydrogens is 454 g/mol. The Morgan fingerprint density at radius 3 is 2.24 bits per heavy atom. The predicted octanol–water partition coefficient (Wildman–Crippen LogP) is 5.60. The van der Waals surface area contributed by atoms with Crippen LogP contribution in [0.15, 0.2) is 66.2 Å². The normalized spacial score (nSPS) is 17.2. The molecule has 1 N–H and O–H groups in total. The van der Waals surface area contributed by atoms with E-state index in [-0.39, 0.29) is 11.3 Å². The van der Waals surface area contributed by atoms with Crippen LogP contribution in [-0.2, 0) is 9.59 Å². The molecule has 1 heterocycles. The van der Waals surface area contributed by atoms with E-state index in [0.717, 1.165) is 11.1 Å². The van der Waals surface area contributed by atoms with Crippen molar-refractivity contribution in [3.8, 4) is 11.5 Å². The molecule has 0 aliphatic carbocycles. The van der Waals surface area contributed by atoms with Crippen molar-refractivity contribution in [1.29, 1.82) is 0 Å². The molecule has 1 aliphatic heterocycles. The average molecular weight is 478 g/mol. The molecule has 3 aromatic carbocycles. The van der Waals surface area contributed by atoms with Gasteiger partial charge in [0.15, 0.2) is 0 Å². The van der Waals surface area contributed by atoms with Gasteiger partial charge in [0.05, 0.1) is 36.4 Å². The standard InChI is InChI=1S/C27H24ClNO5/c1-15-6-5-7-17(12-15)24-23(25(30)19-13-16(2)8-10-21(19)33-3)26(31)27(32)29(24)18-9-11-22(34-4)20(28)14-18/h5-14,24,30H,1-4H3/b25-23+. The molecule has 0 radical (unpaired) electrons. The summed E-state index contributed by atoms with van der Waals surface area (Å²) in [4.78, 5) is 28.0. The van der Waals surface area contributed by atoms with Gasteiger partial charge in [-0.25, -0.2) is 0 Å². The number of carbonyl (C=O) groups is 2. The van der Waals surface area contributed by atoms with E-state index in [1.165, 1.54) is 19.1 Å². The average Bonchev–Trinajstić information content (AvgIpc) is 3.09. The first-order valence-corrected chi connectivity index (χ1v) is 11.0. The molecule has 1 atom stereocenters. The highest BCUT2D eigenvalue weighted by atomic mass is 35.5. The number of anilines is 1. The van der Waals surface area contributed by atoms with Crippen molar-refractivity contribution in [2.75, 3.05) is 19.1 Å². The maximum Gasteiger partial charge on any atom is 0.300 e. The van der Waals surface area contributed by atoms with Crippen LogP contribution < -0.4 is 14.4 Å². The molecule has 0 saturated carbocycles. The van der Waals surface area contributed by atoms with Crippen molar-refractivity contribution in [3.05, 3.63) is 93.5 Å². The monoisotopic (exact) mass is 477 g/mol. The molecule has 3 aromatic rings. The zero-order chi connectivity index (χ0) is 24.6. The minimum absolute atomic E-state index is 0.0218. The van der Waals surface area contributed by atoms with E-state index in [1.807, 2.05) is 44.2 Å². The van der Waals surface area contributed by atoms with Crippen LogP contribution in [0, 0.1) is 13.8 Å². The molecule has 0 spiro atoms. The molecule has 1 aliphatic rings. The van der Waals surface area contributed by atoms with E-state index in [9.17, 15) is 14.7 Å². The Kier molecular flexibility index (Phi) is 6.35. The van der Waals surface area contributed by atoms with Crippen LogP contribution >= 0.6 is 11.6 Å². The Labute approximate surface area is 203 Å². The largest absolute Gasteiger partial charge is 0.507 e. The smallest absolute Gasteiger partial charge is 0.300 e. The zero-order valence-electron chi connectivity index (χ0n) is 19.3. The van der Waals surface area contributed by atoms with Crippen molar-refractivity contribution < 1.29 is 24.2 Å². The van der Waals surface area contributed by atoms with Gasteiger partial charge >= 0.3 is 0 Å². The molecule has 1 amide bonds. The van der Waals surface area contributed by atoms with Crippen LogP contribution in [0.25, 0.3) is 5.76 Å². The topological polar surface area (TPSA) is 76.1 Å². The molecule has 174 valence electrons. The number of ether oxygens (including phenoxy) is 2. The minimum atomic E-state index is -0.866. The van der Waals surface area contributed by atoms with Crippen molar-refractivity contribution >= 4 is 34.7 Å². The number of hydrogen-bond acceptors (Lipinski definition) is 5. The highest BCUT2D eigenvalue weighted by Crippen LogP contribution is 2.44. The third-order valence-corrected chi connectivity index (χ3v) is 6.12. The number of amides is 1. The lowest BCUT2D eigenvalue weighted by atomic mass is 9.93. The number of carbonyl (C=O) groups excluding carboxylic acids is 2. The Morgan fingerprint density at radius 2 is 1.59 bits per heavy atom. The number of ketones is 1. The van der Waals surface area contributed by atoms with E-state index in [4.69, 9.17) is 21.1 Å². The van der Waals surface area contributed by atoms with E-state index < -0.39 is 17.7 Å². The van der Waals surface area contributed by atoms with E-state index in [1.54, 1.807) is 30.3 Å². The molecule has 0 aromatic heterocycles. The van der Waals surface area contributed by atoms with Gasteiger partial charge < -0.3 is 14.6 Å². The number of hydrogen-bond donors (Lipinski definition) is 1. The van der Waals surface area contributed by atoms with Gasteiger partial charge in [0.2, 0.25) is 0 Å². The SMILES string of the molecule is COc1ccc(N2C(=O)C(=O)/C(=C(/O)c3cc(C)ccc3OC)C2c2cccc(C)c2)cc1Cl. The fourth-order valence-electron chi connectivity index (χ4n) is 4.21. The van der Waals surface area contributed by atoms with Crippen LogP contribution in [0.5, 0.6) is 11.5 Å².